The van der Waals surface area contributed by atoms with Crippen molar-refractivity contribution in [3.63, 3.8) is 0 Å². The van der Waals surface area contributed by atoms with Gasteiger partial charge in [-0.25, -0.2) is 0 Å². The van der Waals surface area contributed by atoms with Crippen molar-refractivity contribution in [1.82, 2.24) is 4.90 Å². The number of nitrogens with two attached hydrogens (primary N) is 1. The molecule has 0 aliphatic heterocycles. The lowest BCUT2D eigenvalue weighted by Gasteiger charge is -2.30. The number of carbonyl (C=O) groups excluding carboxylic acids is 1. The first-order valence-electron chi connectivity index (χ1n) is 6.65. The van der Waals surface area contributed by atoms with E-state index >= 15 is 0 Å². The second kappa shape index (κ2) is 6.57. The van der Waals surface area contributed by atoms with Crippen molar-refractivity contribution in [1.29, 1.82) is 0 Å². The number of methoxy groups -OCH3 is 1. The van der Waals surface area contributed by atoms with Crippen molar-refractivity contribution < 1.29 is 9.53 Å². The lowest BCUT2D eigenvalue weighted by molar-refractivity contribution is -0.136. The first-order valence-corrected chi connectivity index (χ1v) is 6.65. The van der Waals surface area contributed by atoms with Gasteiger partial charge in [-0.05, 0) is 38.0 Å². The Morgan fingerprint density at radius 3 is 2.32 bits per heavy atom. The number of hydrogen-bond donors (Lipinski definition) is 1. The highest BCUT2D eigenvalue weighted by Gasteiger charge is 2.30. The van der Waals surface area contributed by atoms with Crippen LogP contribution in [0, 0.1) is 0 Å². The molecule has 1 aromatic rings. The molecule has 4 heteroatoms. The molecule has 0 aromatic heterocycles. The summed E-state index contributed by atoms with van der Waals surface area (Å²) in [5.41, 5.74) is 6.31. The normalized spacial score (nSPS) is 13.7. The predicted molar refractivity (Wildman–Crippen MR) is 77.0 cm³/mol. The molecule has 1 unspecified atom stereocenters. The van der Waals surface area contributed by atoms with Crippen molar-refractivity contribution in [2.45, 2.75) is 39.3 Å². The molecule has 1 aromatic carbocycles. The quantitative estimate of drug-likeness (QED) is 0.856. The second-order valence-corrected chi connectivity index (χ2v) is 4.94. The molecule has 0 aliphatic rings. The van der Waals surface area contributed by atoms with E-state index in [-0.39, 0.29) is 5.91 Å². The summed E-state index contributed by atoms with van der Waals surface area (Å²) in [6.45, 7) is 6.90. The Labute approximate surface area is 115 Å². The van der Waals surface area contributed by atoms with Gasteiger partial charge in [0.05, 0.1) is 12.6 Å². The molecule has 0 fully saturated rings. The minimum Gasteiger partial charge on any atom is -0.497 e. The summed E-state index contributed by atoms with van der Waals surface area (Å²) in [7, 11) is 1.64. The summed E-state index contributed by atoms with van der Waals surface area (Å²) < 4.78 is 5.12. The van der Waals surface area contributed by atoms with Gasteiger partial charge in [-0.3, -0.25) is 4.79 Å². The molecule has 1 rings (SSSR count). The van der Waals surface area contributed by atoms with Crippen LogP contribution in [0.1, 0.15) is 32.8 Å². The van der Waals surface area contributed by atoms with E-state index in [9.17, 15) is 4.79 Å². The second-order valence-electron chi connectivity index (χ2n) is 4.94. The van der Waals surface area contributed by atoms with E-state index in [0.29, 0.717) is 19.5 Å². The number of rotatable bonds is 6. The Balaban J connectivity index is 2.78. The topological polar surface area (TPSA) is 55.6 Å². The zero-order chi connectivity index (χ0) is 14.5. The zero-order valence-electron chi connectivity index (χ0n) is 12.3. The Morgan fingerprint density at radius 2 is 1.89 bits per heavy atom. The molecule has 2 N–H and O–H groups in total. The van der Waals surface area contributed by atoms with Crippen LogP contribution in [-0.2, 0) is 11.3 Å². The maximum Gasteiger partial charge on any atom is 0.242 e. The van der Waals surface area contributed by atoms with E-state index in [1.54, 1.807) is 18.9 Å². The van der Waals surface area contributed by atoms with Gasteiger partial charge < -0.3 is 15.4 Å². The van der Waals surface area contributed by atoms with Gasteiger partial charge in [-0.15, -0.1) is 0 Å². The molecular weight excluding hydrogens is 240 g/mol. The average Bonchev–Trinajstić information content (AvgIpc) is 2.44. The van der Waals surface area contributed by atoms with Gasteiger partial charge in [0.2, 0.25) is 5.91 Å². The molecule has 0 saturated heterocycles. The van der Waals surface area contributed by atoms with Gasteiger partial charge in [0.1, 0.15) is 5.75 Å². The molecule has 0 saturated carbocycles. The molecule has 0 heterocycles. The fourth-order valence-corrected chi connectivity index (χ4v) is 1.79. The van der Waals surface area contributed by atoms with Crippen LogP contribution in [0.25, 0.3) is 0 Å². The highest BCUT2D eigenvalue weighted by Crippen LogP contribution is 2.16. The van der Waals surface area contributed by atoms with Crippen LogP contribution in [0.2, 0.25) is 0 Å². The maximum atomic E-state index is 12.3. The molecule has 0 radical (unpaired) electrons. The predicted octanol–water partition coefficient (Wildman–Crippen LogP) is 2.17. The van der Waals surface area contributed by atoms with E-state index < -0.39 is 5.54 Å². The van der Waals surface area contributed by atoms with Gasteiger partial charge in [-0.1, -0.05) is 19.1 Å². The van der Waals surface area contributed by atoms with Crippen LogP contribution in [-0.4, -0.2) is 30.0 Å². The fourth-order valence-electron chi connectivity index (χ4n) is 1.79. The monoisotopic (exact) mass is 264 g/mol. The van der Waals surface area contributed by atoms with Crippen molar-refractivity contribution in [3.05, 3.63) is 29.8 Å². The minimum absolute atomic E-state index is 0.00619. The largest absolute Gasteiger partial charge is 0.497 e. The molecule has 106 valence electrons. The van der Waals surface area contributed by atoms with Crippen molar-refractivity contribution in [2.24, 2.45) is 5.73 Å². The summed E-state index contributed by atoms with van der Waals surface area (Å²) in [5, 5.41) is 0. The Kier molecular flexibility index (Phi) is 5.36. The third-order valence-electron chi connectivity index (χ3n) is 3.42. The SMILES string of the molecule is CCN(Cc1ccc(OC)cc1)C(=O)C(C)(N)CC. The van der Waals surface area contributed by atoms with Crippen molar-refractivity contribution >= 4 is 5.91 Å². The number of likely N-dealkylation sites (N-methyl/N-ethyl adjacent to an activating group) is 1. The smallest absolute Gasteiger partial charge is 0.242 e. The van der Waals surface area contributed by atoms with Gasteiger partial charge in [0, 0.05) is 13.1 Å². The Morgan fingerprint density at radius 1 is 1.32 bits per heavy atom. The van der Waals surface area contributed by atoms with E-state index in [1.807, 2.05) is 38.1 Å². The molecule has 0 bridgehead atoms. The fraction of sp³-hybridized carbons (Fsp3) is 0.533. The van der Waals surface area contributed by atoms with E-state index in [0.717, 1.165) is 11.3 Å². The molecular formula is C15H24N2O2. The van der Waals surface area contributed by atoms with Crippen LogP contribution >= 0.6 is 0 Å². The third kappa shape index (κ3) is 3.96. The van der Waals surface area contributed by atoms with Crippen LogP contribution < -0.4 is 10.5 Å². The highest BCUT2D eigenvalue weighted by atomic mass is 16.5. The van der Waals surface area contributed by atoms with Crippen LogP contribution in [0.3, 0.4) is 0 Å². The summed E-state index contributed by atoms with van der Waals surface area (Å²) in [4.78, 5) is 14.1. The van der Waals surface area contributed by atoms with E-state index in [2.05, 4.69) is 0 Å². The first-order chi connectivity index (χ1) is 8.94. The zero-order valence-corrected chi connectivity index (χ0v) is 12.3. The molecule has 4 nitrogen and oxygen atoms in total. The van der Waals surface area contributed by atoms with Crippen molar-refractivity contribution in [3.8, 4) is 5.75 Å². The van der Waals surface area contributed by atoms with Gasteiger partial charge in [0.15, 0.2) is 0 Å². The third-order valence-corrected chi connectivity index (χ3v) is 3.42. The number of hydrogen-bond acceptors (Lipinski definition) is 3. The first kappa shape index (κ1) is 15.5. The van der Waals surface area contributed by atoms with E-state index in [4.69, 9.17) is 10.5 Å². The van der Waals surface area contributed by atoms with Crippen LogP contribution in [0.15, 0.2) is 24.3 Å². The summed E-state index contributed by atoms with van der Waals surface area (Å²) >= 11 is 0. The number of amides is 1. The van der Waals surface area contributed by atoms with E-state index in [1.165, 1.54) is 0 Å². The number of benzene rings is 1. The van der Waals surface area contributed by atoms with Gasteiger partial charge >= 0.3 is 0 Å². The molecule has 19 heavy (non-hydrogen) atoms. The molecule has 0 spiro atoms. The minimum atomic E-state index is -0.789. The number of ether oxygens (including phenoxy) is 1. The summed E-state index contributed by atoms with van der Waals surface area (Å²) in [5.74, 6) is 0.809. The summed E-state index contributed by atoms with van der Waals surface area (Å²) in [6.07, 6.45) is 0.630. The van der Waals surface area contributed by atoms with Crippen molar-refractivity contribution in [2.75, 3.05) is 13.7 Å². The number of carbonyl (C=O) groups is 1. The average molecular weight is 264 g/mol. The summed E-state index contributed by atoms with van der Waals surface area (Å²) in [6, 6.07) is 7.73. The molecule has 1 amide bonds. The van der Waals surface area contributed by atoms with Gasteiger partial charge in [-0.2, -0.15) is 0 Å². The lowest BCUT2D eigenvalue weighted by atomic mass is 9.98. The Hall–Kier alpha value is -1.55. The molecule has 1 atom stereocenters. The van der Waals surface area contributed by atoms with Gasteiger partial charge in [0.25, 0.3) is 0 Å². The lowest BCUT2D eigenvalue weighted by Crippen LogP contribution is -2.52. The van der Waals surface area contributed by atoms with Crippen LogP contribution in [0.4, 0.5) is 0 Å². The molecule has 0 aliphatic carbocycles. The maximum absolute atomic E-state index is 12.3. The standard InChI is InChI=1S/C15H24N2O2/c1-5-15(3,16)14(18)17(6-2)11-12-7-9-13(19-4)10-8-12/h7-10H,5-6,11,16H2,1-4H3. The Bertz CT molecular complexity index is 413. The highest BCUT2D eigenvalue weighted by molar-refractivity contribution is 5.85. The number of nitrogens with zero attached hydrogens (tertiary/aromatic N) is 1. The van der Waals surface area contributed by atoms with Crippen LogP contribution in [0.5, 0.6) is 5.75 Å².